The molecule has 0 saturated heterocycles. The number of pyridine rings is 1. The van der Waals surface area contributed by atoms with Gasteiger partial charge in [-0.15, -0.1) is 0 Å². The lowest BCUT2D eigenvalue weighted by molar-refractivity contribution is -0.125. The molecule has 0 amide bonds. The van der Waals surface area contributed by atoms with Gasteiger partial charge in [0.1, 0.15) is 6.10 Å². The monoisotopic (exact) mass is 193 g/mol. The summed E-state index contributed by atoms with van der Waals surface area (Å²) in [4.78, 5) is 15.3. The Morgan fingerprint density at radius 1 is 1.57 bits per heavy atom. The van der Waals surface area contributed by atoms with Crippen molar-refractivity contribution in [3.63, 3.8) is 0 Å². The lowest BCUT2D eigenvalue weighted by atomic mass is 10.1. The van der Waals surface area contributed by atoms with Crippen molar-refractivity contribution in [3.05, 3.63) is 29.6 Å². The molecule has 0 aliphatic heterocycles. The predicted molar refractivity (Wildman–Crippen MR) is 54.0 cm³/mol. The van der Waals surface area contributed by atoms with E-state index in [1.165, 1.54) is 6.92 Å². The maximum atomic E-state index is 11.2. The number of aliphatic hydroxyl groups is 1. The Morgan fingerprint density at radius 3 is 2.71 bits per heavy atom. The Balaban J connectivity index is 2.64. The third-order valence-corrected chi connectivity index (χ3v) is 2.12. The quantitative estimate of drug-likeness (QED) is 0.780. The van der Waals surface area contributed by atoms with Crippen molar-refractivity contribution in [2.75, 3.05) is 0 Å². The van der Waals surface area contributed by atoms with Crippen LogP contribution in [0.3, 0.4) is 0 Å². The lowest BCUT2D eigenvalue weighted by Crippen LogP contribution is -2.18. The molecule has 0 spiro atoms. The summed E-state index contributed by atoms with van der Waals surface area (Å²) in [5.74, 6) is -0.193. The molecule has 3 nitrogen and oxygen atoms in total. The summed E-state index contributed by atoms with van der Waals surface area (Å²) >= 11 is 0. The highest BCUT2D eigenvalue weighted by Gasteiger charge is 2.10. The number of carbonyl (C=O) groups excluding carboxylic acids is 1. The second kappa shape index (κ2) is 4.86. The number of rotatable bonds is 4. The van der Waals surface area contributed by atoms with Crippen LogP contribution in [-0.2, 0) is 17.6 Å². The van der Waals surface area contributed by atoms with Gasteiger partial charge >= 0.3 is 0 Å². The molecule has 1 N–H and O–H groups in total. The zero-order chi connectivity index (χ0) is 10.6. The average Bonchev–Trinajstić information content (AvgIpc) is 2.19. The summed E-state index contributed by atoms with van der Waals surface area (Å²) in [6.45, 7) is 3.53. The molecule has 0 bridgehead atoms. The highest BCUT2D eigenvalue weighted by atomic mass is 16.3. The summed E-state index contributed by atoms with van der Waals surface area (Å²) in [7, 11) is 0. The molecular weight excluding hydrogens is 178 g/mol. The van der Waals surface area contributed by atoms with Crippen LogP contribution < -0.4 is 0 Å². The molecule has 1 unspecified atom stereocenters. The number of aliphatic hydroxyl groups excluding tert-OH is 1. The summed E-state index contributed by atoms with van der Waals surface area (Å²) in [5, 5.41) is 9.01. The standard InChI is InChI=1S/C11H15NO2/c1-3-9-4-5-10(12-7-9)6-11(14)8(2)13/h4-5,7-8,13H,3,6H2,1-2H3. The lowest BCUT2D eigenvalue weighted by Gasteiger charge is -2.03. The van der Waals surface area contributed by atoms with Gasteiger partial charge < -0.3 is 5.11 Å². The molecule has 0 aliphatic rings. The molecule has 14 heavy (non-hydrogen) atoms. The first-order valence-electron chi connectivity index (χ1n) is 4.78. The predicted octanol–water partition coefficient (Wildman–Crippen LogP) is 1.14. The van der Waals surface area contributed by atoms with E-state index in [1.807, 2.05) is 12.1 Å². The van der Waals surface area contributed by atoms with Gasteiger partial charge in [0.15, 0.2) is 5.78 Å². The number of nitrogens with zero attached hydrogens (tertiary/aromatic N) is 1. The summed E-state index contributed by atoms with van der Waals surface area (Å²) < 4.78 is 0. The van der Waals surface area contributed by atoms with Crippen LogP contribution in [0.2, 0.25) is 0 Å². The first kappa shape index (κ1) is 10.9. The largest absolute Gasteiger partial charge is 0.386 e. The molecule has 1 rings (SSSR count). The number of hydrogen-bond donors (Lipinski definition) is 1. The second-order valence-electron chi connectivity index (χ2n) is 3.33. The van der Waals surface area contributed by atoms with Crippen molar-refractivity contribution in [2.45, 2.75) is 32.8 Å². The fraction of sp³-hybridized carbons (Fsp3) is 0.455. The average molecular weight is 193 g/mol. The number of aromatic nitrogens is 1. The number of hydrogen-bond acceptors (Lipinski definition) is 3. The Hall–Kier alpha value is -1.22. The van der Waals surface area contributed by atoms with E-state index < -0.39 is 6.10 Å². The highest BCUT2D eigenvalue weighted by Crippen LogP contribution is 2.03. The van der Waals surface area contributed by atoms with Gasteiger partial charge in [0.2, 0.25) is 0 Å². The van der Waals surface area contributed by atoms with Gasteiger partial charge in [0, 0.05) is 11.9 Å². The topological polar surface area (TPSA) is 50.2 Å². The van der Waals surface area contributed by atoms with Crippen LogP contribution in [0.25, 0.3) is 0 Å². The van der Waals surface area contributed by atoms with Gasteiger partial charge in [0.25, 0.3) is 0 Å². The minimum atomic E-state index is -0.900. The number of carbonyl (C=O) groups is 1. The molecule has 3 heteroatoms. The molecule has 1 heterocycles. The maximum absolute atomic E-state index is 11.2. The number of Topliss-reactive ketones (excluding diaryl/α,β-unsaturated/α-hetero) is 1. The SMILES string of the molecule is CCc1ccc(CC(=O)C(C)O)nc1. The molecular formula is C11H15NO2. The summed E-state index contributed by atoms with van der Waals surface area (Å²) in [6.07, 6.45) is 2.02. The van der Waals surface area contributed by atoms with Gasteiger partial charge in [-0.3, -0.25) is 9.78 Å². The van der Waals surface area contributed by atoms with E-state index in [2.05, 4.69) is 11.9 Å². The van der Waals surface area contributed by atoms with Crippen LogP contribution in [0.4, 0.5) is 0 Å². The van der Waals surface area contributed by atoms with Gasteiger partial charge in [-0.25, -0.2) is 0 Å². The van der Waals surface area contributed by atoms with Gasteiger partial charge in [-0.2, -0.15) is 0 Å². The molecule has 1 atom stereocenters. The molecule has 0 fully saturated rings. The minimum Gasteiger partial charge on any atom is -0.386 e. The third kappa shape index (κ3) is 2.92. The van der Waals surface area contributed by atoms with Crippen LogP contribution in [0.15, 0.2) is 18.3 Å². The zero-order valence-electron chi connectivity index (χ0n) is 8.53. The van der Waals surface area contributed by atoms with Crippen molar-refractivity contribution >= 4 is 5.78 Å². The number of ketones is 1. The summed E-state index contributed by atoms with van der Waals surface area (Å²) in [5.41, 5.74) is 1.87. The highest BCUT2D eigenvalue weighted by molar-refractivity contribution is 5.84. The van der Waals surface area contributed by atoms with Crippen molar-refractivity contribution in [2.24, 2.45) is 0 Å². The van der Waals surface area contributed by atoms with Crippen LogP contribution in [0.5, 0.6) is 0 Å². The molecule has 1 aromatic heterocycles. The minimum absolute atomic E-state index is 0.193. The molecule has 0 saturated carbocycles. The van der Waals surface area contributed by atoms with Crippen molar-refractivity contribution < 1.29 is 9.90 Å². The second-order valence-corrected chi connectivity index (χ2v) is 3.33. The van der Waals surface area contributed by atoms with E-state index in [0.29, 0.717) is 5.69 Å². The first-order chi connectivity index (χ1) is 6.63. The Morgan fingerprint density at radius 2 is 2.29 bits per heavy atom. The summed E-state index contributed by atoms with van der Waals surface area (Å²) in [6, 6.07) is 3.79. The van der Waals surface area contributed by atoms with Crippen LogP contribution in [-0.4, -0.2) is 22.0 Å². The fourth-order valence-electron chi connectivity index (χ4n) is 1.10. The zero-order valence-corrected chi connectivity index (χ0v) is 8.53. The molecule has 0 aliphatic carbocycles. The van der Waals surface area contributed by atoms with E-state index in [9.17, 15) is 4.79 Å². The van der Waals surface area contributed by atoms with Crippen LogP contribution >= 0.6 is 0 Å². The van der Waals surface area contributed by atoms with E-state index >= 15 is 0 Å². The number of aryl methyl sites for hydroxylation is 1. The Kier molecular flexibility index (Phi) is 3.77. The molecule has 1 aromatic rings. The molecule has 0 radical (unpaired) electrons. The van der Waals surface area contributed by atoms with E-state index in [4.69, 9.17) is 5.11 Å². The first-order valence-corrected chi connectivity index (χ1v) is 4.78. The fourth-order valence-corrected chi connectivity index (χ4v) is 1.10. The van der Waals surface area contributed by atoms with Gasteiger partial charge in [-0.05, 0) is 25.0 Å². The van der Waals surface area contributed by atoms with Crippen LogP contribution in [0, 0.1) is 0 Å². The smallest absolute Gasteiger partial charge is 0.166 e. The van der Waals surface area contributed by atoms with Crippen molar-refractivity contribution in [1.29, 1.82) is 0 Å². The maximum Gasteiger partial charge on any atom is 0.166 e. The van der Waals surface area contributed by atoms with Gasteiger partial charge in [-0.1, -0.05) is 13.0 Å². The Labute approximate surface area is 83.8 Å². The normalized spacial score (nSPS) is 12.5. The van der Waals surface area contributed by atoms with Crippen LogP contribution in [0.1, 0.15) is 25.1 Å². The van der Waals surface area contributed by atoms with E-state index in [1.54, 1.807) is 6.20 Å². The van der Waals surface area contributed by atoms with Crippen molar-refractivity contribution in [3.8, 4) is 0 Å². The van der Waals surface area contributed by atoms with E-state index in [0.717, 1.165) is 12.0 Å². The molecule has 0 aromatic carbocycles. The van der Waals surface area contributed by atoms with Gasteiger partial charge in [0.05, 0.1) is 6.42 Å². The third-order valence-electron chi connectivity index (χ3n) is 2.12. The Bertz CT molecular complexity index is 304. The van der Waals surface area contributed by atoms with E-state index in [-0.39, 0.29) is 12.2 Å². The van der Waals surface area contributed by atoms with Crippen molar-refractivity contribution in [1.82, 2.24) is 4.98 Å². The molecule has 76 valence electrons.